The van der Waals surface area contributed by atoms with Crippen molar-refractivity contribution in [3.63, 3.8) is 0 Å². The molecular weight excluding hydrogens is 415 g/mol. The van der Waals surface area contributed by atoms with E-state index in [1.54, 1.807) is 18.6 Å². The van der Waals surface area contributed by atoms with Crippen molar-refractivity contribution in [3.8, 4) is 0 Å². The van der Waals surface area contributed by atoms with Gasteiger partial charge in [0.2, 0.25) is 0 Å². The Bertz CT molecular complexity index is 495. The quantitative estimate of drug-likeness (QED) is 0.317. The van der Waals surface area contributed by atoms with Crippen molar-refractivity contribution >= 4 is 35.8 Å². The van der Waals surface area contributed by atoms with Crippen molar-refractivity contribution in [3.05, 3.63) is 18.6 Å². The van der Waals surface area contributed by atoms with E-state index in [2.05, 4.69) is 32.4 Å². The van der Waals surface area contributed by atoms with Gasteiger partial charge in [0.05, 0.1) is 12.7 Å². The van der Waals surface area contributed by atoms with Crippen molar-refractivity contribution in [2.75, 3.05) is 38.0 Å². The van der Waals surface area contributed by atoms with Gasteiger partial charge in [0.15, 0.2) is 5.96 Å². The van der Waals surface area contributed by atoms with Gasteiger partial charge in [0, 0.05) is 38.6 Å². The molecule has 134 valence electrons. The third-order valence-corrected chi connectivity index (χ3v) is 4.85. The first-order chi connectivity index (χ1) is 11.4. The molecule has 0 amide bonds. The average molecular weight is 444 g/mol. The molecule has 1 saturated carbocycles. The molecule has 0 bridgehead atoms. The van der Waals surface area contributed by atoms with E-state index in [9.17, 15) is 0 Å². The first-order valence-corrected chi connectivity index (χ1v) is 8.90. The molecule has 2 unspecified atom stereocenters. The SMILES string of the molecule is CCNC(=NCCNc1cnccn1)N1CC2CCCCC2C1.I. The van der Waals surface area contributed by atoms with Crippen LogP contribution in [0.25, 0.3) is 0 Å². The summed E-state index contributed by atoms with van der Waals surface area (Å²) in [5, 5.41) is 6.71. The lowest BCUT2D eigenvalue weighted by atomic mass is 9.82. The summed E-state index contributed by atoms with van der Waals surface area (Å²) in [6, 6.07) is 0. The molecule has 7 heteroatoms. The van der Waals surface area contributed by atoms with Crippen LogP contribution in [0, 0.1) is 11.8 Å². The summed E-state index contributed by atoms with van der Waals surface area (Å²) in [7, 11) is 0. The third-order valence-electron chi connectivity index (χ3n) is 4.85. The molecule has 0 aromatic carbocycles. The number of likely N-dealkylation sites (tertiary alicyclic amines) is 1. The second-order valence-corrected chi connectivity index (χ2v) is 6.46. The predicted octanol–water partition coefficient (Wildman–Crippen LogP) is 2.59. The number of anilines is 1. The first-order valence-electron chi connectivity index (χ1n) is 8.90. The van der Waals surface area contributed by atoms with Crippen molar-refractivity contribution in [2.24, 2.45) is 16.8 Å². The van der Waals surface area contributed by atoms with Crippen LogP contribution in [0.1, 0.15) is 32.6 Å². The van der Waals surface area contributed by atoms with E-state index in [0.29, 0.717) is 0 Å². The number of nitrogens with one attached hydrogen (secondary N) is 2. The lowest BCUT2D eigenvalue weighted by Gasteiger charge is -2.22. The molecule has 1 aliphatic heterocycles. The van der Waals surface area contributed by atoms with E-state index in [-0.39, 0.29) is 24.0 Å². The predicted molar refractivity (Wildman–Crippen MR) is 109 cm³/mol. The van der Waals surface area contributed by atoms with Crippen LogP contribution in [-0.4, -0.2) is 53.6 Å². The molecule has 6 nitrogen and oxygen atoms in total. The van der Waals surface area contributed by atoms with Crippen LogP contribution in [0.4, 0.5) is 5.82 Å². The third kappa shape index (κ3) is 5.19. The fourth-order valence-electron chi connectivity index (χ4n) is 3.74. The standard InChI is InChI=1S/C17H28N6.HI/c1-2-19-17(22-10-9-21-16-11-18-7-8-20-16)23-12-14-5-3-4-6-15(14)13-23;/h7-8,11,14-15H,2-6,9-10,12-13H2,1H3,(H,19,22)(H,20,21);1H. The van der Waals surface area contributed by atoms with Gasteiger partial charge >= 0.3 is 0 Å². The van der Waals surface area contributed by atoms with Crippen LogP contribution in [0.5, 0.6) is 0 Å². The molecule has 2 heterocycles. The van der Waals surface area contributed by atoms with E-state index in [1.807, 2.05) is 0 Å². The smallest absolute Gasteiger partial charge is 0.193 e. The Kier molecular flexibility index (Phi) is 8.01. The fraction of sp³-hybridized carbons (Fsp3) is 0.706. The van der Waals surface area contributed by atoms with Gasteiger partial charge in [-0.1, -0.05) is 12.8 Å². The Morgan fingerprint density at radius 3 is 2.62 bits per heavy atom. The van der Waals surface area contributed by atoms with E-state index >= 15 is 0 Å². The van der Waals surface area contributed by atoms with Gasteiger partial charge in [-0.15, -0.1) is 24.0 Å². The van der Waals surface area contributed by atoms with Crippen LogP contribution in [0.3, 0.4) is 0 Å². The zero-order chi connectivity index (χ0) is 15.9. The maximum Gasteiger partial charge on any atom is 0.193 e. The maximum atomic E-state index is 4.79. The molecule has 1 aliphatic carbocycles. The normalized spacial score (nSPS) is 23.4. The Morgan fingerprint density at radius 1 is 1.25 bits per heavy atom. The second kappa shape index (κ2) is 10.0. The number of nitrogens with zero attached hydrogens (tertiary/aromatic N) is 4. The lowest BCUT2D eigenvalue weighted by molar-refractivity contribution is 0.299. The second-order valence-electron chi connectivity index (χ2n) is 6.46. The van der Waals surface area contributed by atoms with Crippen molar-refractivity contribution in [1.29, 1.82) is 0 Å². The topological polar surface area (TPSA) is 65.4 Å². The van der Waals surface area contributed by atoms with Gasteiger partial charge in [0.1, 0.15) is 5.82 Å². The molecule has 3 rings (SSSR count). The maximum absolute atomic E-state index is 4.79. The zero-order valence-electron chi connectivity index (χ0n) is 14.4. The first kappa shape index (κ1) is 19.2. The molecule has 1 aromatic rings. The fourth-order valence-corrected chi connectivity index (χ4v) is 3.74. The minimum Gasteiger partial charge on any atom is -0.367 e. The van der Waals surface area contributed by atoms with Gasteiger partial charge in [-0.05, 0) is 31.6 Å². The van der Waals surface area contributed by atoms with Gasteiger partial charge < -0.3 is 15.5 Å². The Balaban J connectivity index is 0.00000208. The zero-order valence-corrected chi connectivity index (χ0v) is 16.8. The number of rotatable bonds is 5. The van der Waals surface area contributed by atoms with Crippen LogP contribution in [-0.2, 0) is 0 Å². The average Bonchev–Trinajstić information content (AvgIpc) is 3.02. The van der Waals surface area contributed by atoms with E-state index in [0.717, 1.165) is 43.2 Å². The van der Waals surface area contributed by atoms with Crippen LogP contribution < -0.4 is 10.6 Å². The Hall–Kier alpha value is -1.12. The molecule has 2 fully saturated rings. The Morgan fingerprint density at radius 2 is 2.00 bits per heavy atom. The summed E-state index contributed by atoms with van der Waals surface area (Å²) in [5.41, 5.74) is 0. The number of aliphatic imine (C=N–C) groups is 1. The van der Waals surface area contributed by atoms with Gasteiger partial charge in [-0.2, -0.15) is 0 Å². The molecule has 1 aromatic heterocycles. The van der Waals surface area contributed by atoms with Crippen LogP contribution >= 0.6 is 24.0 Å². The summed E-state index contributed by atoms with van der Waals surface area (Å²) in [6.45, 7) is 6.92. The Labute approximate surface area is 162 Å². The van der Waals surface area contributed by atoms with Crippen LogP contribution in [0.2, 0.25) is 0 Å². The van der Waals surface area contributed by atoms with E-state index in [4.69, 9.17) is 4.99 Å². The monoisotopic (exact) mass is 444 g/mol. The molecule has 2 aliphatic rings. The number of hydrogen-bond donors (Lipinski definition) is 2. The van der Waals surface area contributed by atoms with Gasteiger partial charge in [0.25, 0.3) is 0 Å². The lowest BCUT2D eigenvalue weighted by Crippen LogP contribution is -2.40. The summed E-state index contributed by atoms with van der Waals surface area (Å²) in [6.07, 6.45) is 10.7. The number of guanidine groups is 1. The minimum atomic E-state index is 0. The van der Waals surface area contributed by atoms with Gasteiger partial charge in [-0.3, -0.25) is 9.98 Å². The molecule has 2 N–H and O–H groups in total. The van der Waals surface area contributed by atoms with Gasteiger partial charge in [-0.25, -0.2) is 4.98 Å². The molecular formula is C17H29IN6. The number of fused-ring (bicyclic) bond motifs is 1. The number of hydrogen-bond acceptors (Lipinski definition) is 4. The highest BCUT2D eigenvalue weighted by Crippen LogP contribution is 2.35. The summed E-state index contributed by atoms with van der Waals surface area (Å²) in [4.78, 5) is 15.5. The summed E-state index contributed by atoms with van der Waals surface area (Å²) in [5.74, 6) is 3.64. The van der Waals surface area contributed by atoms with E-state index < -0.39 is 0 Å². The number of halogens is 1. The molecule has 0 radical (unpaired) electrons. The highest BCUT2D eigenvalue weighted by molar-refractivity contribution is 14.0. The van der Waals surface area contributed by atoms with Crippen molar-refractivity contribution < 1.29 is 0 Å². The van der Waals surface area contributed by atoms with Crippen molar-refractivity contribution in [2.45, 2.75) is 32.6 Å². The largest absolute Gasteiger partial charge is 0.367 e. The number of aromatic nitrogens is 2. The highest BCUT2D eigenvalue weighted by atomic mass is 127. The molecule has 0 spiro atoms. The molecule has 2 atom stereocenters. The van der Waals surface area contributed by atoms with Crippen molar-refractivity contribution in [1.82, 2.24) is 20.2 Å². The summed E-state index contributed by atoms with van der Waals surface area (Å²) < 4.78 is 0. The summed E-state index contributed by atoms with van der Waals surface area (Å²) >= 11 is 0. The van der Waals surface area contributed by atoms with E-state index in [1.165, 1.54) is 38.8 Å². The minimum absolute atomic E-state index is 0. The molecule has 1 saturated heterocycles. The van der Waals surface area contributed by atoms with Crippen LogP contribution in [0.15, 0.2) is 23.6 Å². The highest BCUT2D eigenvalue weighted by Gasteiger charge is 2.35. The molecule has 24 heavy (non-hydrogen) atoms.